The first-order chi connectivity index (χ1) is 5.90. The molecule has 1 rings (SSSR count). The van der Waals surface area contributed by atoms with Gasteiger partial charge in [-0.25, -0.2) is 0 Å². The lowest BCUT2D eigenvalue weighted by molar-refractivity contribution is -0.319. The molecule has 2 nitrogen and oxygen atoms in total. The molecule has 2 heteroatoms. The minimum absolute atomic E-state index is 0.146. The highest BCUT2D eigenvalue weighted by Crippen LogP contribution is 2.36. The third kappa shape index (κ3) is 2.44. The van der Waals surface area contributed by atoms with Crippen molar-refractivity contribution in [3.05, 3.63) is 0 Å². The van der Waals surface area contributed by atoms with E-state index in [2.05, 4.69) is 27.7 Å². The van der Waals surface area contributed by atoms with Gasteiger partial charge in [0.1, 0.15) is 0 Å². The number of ether oxygens (including phenoxy) is 2. The molecule has 1 fully saturated rings. The van der Waals surface area contributed by atoms with Gasteiger partial charge >= 0.3 is 0 Å². The molecule has 0 radical (unpaired) electrons. The van der Waals surface area contributed by atoms with Crippen molar-refractivity contribution < 1.29 is 9.47 Å². The SMILES string of the molecule is CCC[C@@]1(C)OCC(C)(C)[C@@H](C)O1. The van der Waals surface area contributed by atoms with Crippen LogP contribution in [0.4, 0.5) is 0 Å². The summed E-state index contributed by atoms with van der Waals surface area (Å²) in [6.45, 7) is 11.5. The fraction of sp³-hybridized carbons (Fsp3) is 1.00. The molecule has 0 aromatic rings. The van der Waals surface area contributed by atoms with Gasteiger partial charge < -0.3 is 9.47 Å². The maximum absolute atomic E-state index is 5.91. The Hall–Kier alpha value is -0.0800. The van der Waals surface area contributed by atoms with Crippen molar-refractivity contribution in [3.8, 4) is 0 Å². The summed E-state index contributed by atoms with van der Waals surface area (Å²) in [6, 6.07) is 0. The van der Waals surface area contributed by atoms with Crippen LogP contribution in [0.15, 0.2) is 0 Å². The van der Waals surface area contributed by atoms with Gasteiger partial charge in [-0.1, -0.05) is 27.2 Å². The minimum Gasteiger partial charge on any atom is -0.350 e. The minimum atomic E-state index is -0.344. The maximum atomic E-state index is 5.91. The van der Waals surface area contributed by atoms with Crippen molar-refractivity contribution >= 4 is 0 Å². The molecule has 0 bridgehead atoms. The zero-order valence-electron chi connectivity index (χ0n) is 9.52. The van der Waals surface area contributed by atoms with Crippen LogP contribution in [0.3, 0.4) is 0 Å². The molecular weight excluding hydrogens is 164 g/mol. The van der Waals surface area contributed by atoms with Gasteiger partial charge in [0.2, 0.25) is 0 Å². The summed E-state index contributed by atoms with van der Waals surface area (Å²) in [4.78, 5) is 0. The highest BCUT2D eigenvalue weighted by atomic mass is 16.7. The van der Waals surface area contributed by atoms with Crippen molar-refractivity contribution in [2.45, 2.75) is 59.4 Å². The van der Waals surface area contributed by atoms with Crippen molar-refractivity contribution in [2.75, 3.05) is 6.61 Å². The van der Waals surface area contributed by atoms with Crippen molar-refractivity contribution in [1.82, 2.24) is 0 Å². The van der Waals surface area contributed by atoms with Gasteiger partial charge in [0.25, 0.3) is 0 Å². The number of hydrogen-bond acceptors (Lipinski definition) is 2. The predicted molar refractivity (Wildman–Crippen MR) is 53.6 cm³/mol. The van der Waals surface area contributed by atoms with Crippen LogP contribution in [0.25, 0.3) is 0 Å². The molecule has 0 aromatic heterocycles. The summed E-state index contributed by atoms with van der Waals surface area (Å²) in [5.41, 5.74) is 0.146. The zero-order valence-corrected chi connectivity index (χ0v) is 9.52. The van der Waals surface area contributed by atoms with Crippen LogP contribution in [0.1, 0.15) is 47.5 Å². The van der Waals surface area contributed by atoms with E-state index in [0.29, 0.717) is 0 Å². The first kappa shape index (κ1) is 11.0. The van der Waals surface area contributed by atoms with E-state index in [-0.39, 0.29) is 17.3 Å². The van der Waals surface area contributed by atoms with Crippen LogP contribution in [0, 0.1) is 5.41 Å². The fourth-order valence-electron chi connectivity index (χ4n) is 1.61. The van der Waals surface area contributed by atoms with Crippen molar-refractivity contribution in [1.29, 1.82) is 0 Å². The molecule has 1 heterocycles. The molecule has 78 valence electrons. The molecule has 1 aliphatic heterocycles. The topological polar surface area (TPSA) is 18.5 Å². The number of rotatable bonds is 2. The summed E-state index contributed by atoms with van der Waals surface area (Å²) in [5, 5.41) is 0. The summed E-state index contributed by atoms with van der Waals surface area (Å²) in [7, 11) is 0. The van der Waals surface area contributed by atoms with Gasteiger partial charge in [-0.3, -0.25) is 0 Å². The monoisotopic (exact) mass is 186 g/mol. The van der Waals surface area contributed by atoms with Crippen LogP contribution in [0.5, 0.6) is 0 Å². The van der Waals surface area contributed by atoms with Gasteiger partial charge in [0.05, 0.1) is 12.7 Å². The molecular formula is C11H22O2. The lowest BCUT2D eigenvalue weighted by Gasteiger charge is -2.46. The molecule has 0 saturated carbocycles. The van der Waals surface area contributed by atoms with Gasteiger partial charge in [0.15, 0.2) is 5.79 Å². The molecule has 2 atom stereocenters. The second-order valence-electron chi connectivity index (χ2n) is 4.92. The normalized spacial score (nSPS) is 39.0. The highest BCUT2D eigenvalue weighted by Gasteiger charge is 2.41. The summed E-state index contributed by atoms with van der Waals surface area (Å²) >= 11 is 0. The molecule has 0 aromatic carbocycles. The van der Waals surface area contributed by atoms with E-state index in [1.807, 2.05) is 6.92 Å². The smallest absolute Gasteiger partial charge is 0.165 e. The summed E-state index contributed by atoms with van der Waals surface area (Å²) < 4.78 is 11.7. The Morgan fingerprint density at radius 1 is 1.31 bits per heavy atom. The van der Waals surface area contributed by atoms with E-state index in [9.17, 15) is 0 Å². The van der Waals surface area contributed by atoms with E-state index in [4.69, 9.17) is 9.47 Å². The Morgan fingerprint density at radius 2 is 1.92 bits per heavy atom. The lowest BCUT2D eigenvalue weighted by atomic mass is 9.87. The van der Waals surface area contributed by atoms with E-state index >= 15 is 0 Å². The molecule has 1 aliphatic rings. The maximum Gasteiger partial charge on any atom is 0.165 e. The Balaban J connectivity index is 2.59. The first-order valence-corrected chi connectivity index (χ1v) is 5.21. The van der Waals surface area contributed by atoms with Crippen LogP contribution < -0.4 is 0 Å². The van der Waals surface area contributed by atoms with E-state index in [1.165, 1.54) is 0 Å². The molecule has 0 N–H and O–H groups in total. The van der Waals surface area contributed by atoms with Gasteiger partial charge in [0, 0.05) is 11.8 Å². The second kappa shape index (κ2) is 3.58. The van der Waals surface area contributed by atoms with Crippen LogP contribution in [-0.4, -0.2) is 18.5 Å². The quantitative estimate of drug-likeness (QED) is 0.660. The largest absolute Gasteiger partial charge is 0.350 e. The zero-order chi connectivity index (χ0) is 10.1. The third-order valence-corrected chi connectivity index (χ3v) is 2.98. The fourth-order valence-corrected chi connectivity index (χ4v) is 1.61. The highest BCUT2D eigenvalue weighted by molar-refractivity contribution is 4.83. The van der Waals surface area contributed by atoms with E-state index in [0.717, 1.165) is 19.4 Å². The molecule has 1 saturated heterocycles. The predicted octanol–water partition coefficient (Wildman–Crippen LogP) is 2.96. The molecule has 0 aliphatic carbocycles. The molecule has 0 amide bonds. The lowest BCUT2D eigenvalue weighted by Crippen LogP contribution is -2.50. The number of hydrogen-bond donors (Lipinski definition) is 0. The Labute approximate surface area is 81.6 Å². The molecule has 0 unspecified atom stereocenters. The van der Waals surface area contributed by atoms with E-state index < -0.39 is 0 Å². The molecule has 0 spiro atoms. The average Bonchev–Trinajstić information content (AvgIpc) is 1.99. The van der Waals surface area contributed by atoms with E-state index in [1.54, 1.807) is 0 Å². The first-order valence-electron chi connectivity index (χ1n) is 5.21. The van der Waals surface area contributed by atoms with Crippen molar-refractivity contribution in [3.63, 3.8) is 0 Å². The van der Waals surface area contributed by atoms with Gasteiger partial charge in [-0.05, 0) is 13.8 Å². The standard InChI is InChI=1S/C11H22O2/c1-6-7-11(5)12-8-10(3,4)9(2)13-11/h9H,6-8H2,1-5H3/t9-,11+/m1/s1. The Kier molecular flexibility index (Phi) is 3.03. The average molecular weight is 186 g/mol. The third-order valence-electron chi connectivity index (χ3n) is 2.98. The van der Waals surface area contributed by atoms with Gasteiger partial charge in [-0.2, -0.15) is 0 Å². The second-order valence-corrected chi connectivity index (χ2v) is 4.92. The molecule has 13 heavy (non-hydrogen) atoms. The van der Waals surface area contributed by atoms with Crippen LogP contribution in [-0.2, 0) is 9.47 Å². The van der Waals surface area contributed by atoms with Gasteiger partial charge in [-0.15, -0.1) is 0 Å². The van der Waals surface area contributed by atoms with Crippen LogP contribution in [0.2, 0.25) is 0 Å². The van der Waals surface area contributed by atoms with Crippen molar-refractivity contribution in [2.24, 2.45) is 5.41 Å². The summed E-state index contributed by atoms with van der Waals surface area (Å²) in [5.74, 6) is -0.344. The van der Waals surface area contributed by atoms with Crippen LogP contribution >= 0.6 is 0 Å². The Bertz CT molecular complexity index is 177. The Morgan fingerprint density at radius 3 is 2.38 bits per heavy atom. The summed E-state index contributed by atoms with van der Waals surface area (Å²) in [6.07, 6.45) is 2.36.